The van der Waals surface area contributed by atoms with E-state index in [4.69, 9.17) is 16.3 Å². The largest absolute Gasteiger partial charge is 0.386 e. The average Bonchev–Trinajstić information content (AvgIpc) is 2.83. The maximum atomic E-state index is 12.0. The van der Waals surface area contributed by atoms with Crippen LogP contribution in [-0.4, -0.2) is 42.9 Å². The molecule has 1 aliphatic rings. The lowest BCUT2D eigenvalue weighted by molar-refractivity contribution is -0.129. The van der Waals surface area contributed by atoms with E-state index in [9.17, 15) is 9.90 Å². The molecule has 2 heterocycles. The molecule has 1 amide bonds. The Labute approximate surface area is 133 Å². The molecule has 20 heavy (non-hydrogen) atoms. The van der Waals surface area contributed by atoms with Gasteiger partial charge in [0.05, 0.1) is 17.0 Å². The SMILES string of the molecule is C[C@H]1OCCN[C@@H]1C(=O)NCC(O)c1ccc(Cl)s1.Cl. The zero-order valence-corrected chi connectivity index (χ0v) is 13.4. The van der Waals surface area contributed by atoms with Gasteiger partial charge >= 0.3 is 0 Å². The molecule has 114 valence electrons. The molecule has 1 aliphatic heterocycles. The second-order valence-corrected chi connectivity index (χ2v) is 6.16. The highest BCUT2D eigenvalue weighted by Gasteiger charge is 2.28. The van der Waals surface area contributed by atoms with Gasteiger partial charge in [0, 0.05) is 18.0 Å². The molecule has 1 fully saturated rings. The summed E-state index contributed by atoms with van der Waals surface area (Å²) in [5.41, 5.74) is 0. The van der Waals surface area contributed by atoms with Crippen molar-refractivity contribution in [3.63, 3.8) is 0 Å². The van der Waals surface area contributed by atoms with Crippen molar-refractivity contribution in [1.29, 1.82) is 0 Å². The van der Waals surface area contributed by atoms with E-state index in [0.29, 0.717) is 17.5 Å². The van der Waals surface area contributed by atoms with Gasteiger partial charge in [-0.1, -0.05) is 11.6 Å². The van der Waals surface area contributed by atoms with Gasteiger partial charge in [-0.05, 0) is 19.1 Å². The molecule has 3 N–H and O–H groups in total. The lowest BCUT2D eigenvalue weighted by Crippen LogP contribution is -2.55. The normalized spacial score (nSPS) is 23.8. The number of ether oxygens (including phenoxy) is 1. The third kappa shape index (κ3) is 4.58. The number of halogens is 2. The summed E-state index contributed by atoms with van der Waals surface area (Å²) in [6, 6.07) is 3.12. The number of nitrogens with one attached hydrogen (secondary N) is 2. The Morgan fingerprint density at radius 1 is 1.70 bits per heavy atom. The zero-order chi connectivity index (χ0) is 13.8. The van der Waals surface area contributed by atoms with Crippen molar-refractivity contribution in [3.05, 3.63) is 21.3 Å². The molecule has 0 radical (unpaired) electrons. The van der Waals surface area contributed by atoms with E-state index in [1.807, 2.05) is 6.92 Å². The fourth-order valence-electron chi connectivity index (χ4n) is 1.94. The Balaban J connectivity index is 0.00000200. The number of hydrogen-bond acceptors (Lipinski definition) is 5. The molecular weight excluding hydrogens is 323 g/mol. The third-order valence-electron chi connectivity index (χ3n) is 2.99. The molecule has 1 aromatic heterocycles. The number of hydrogen-bond donors (Lipinski definition) is 3. The lowest BCUT2D eigenvalue weighted by Gasteiger charge is -2.29. The highest BCUT2D eigenvalue weighted by Crippen LogP contribution is 2.26. The Morgan fingerprint density at radius 2 is 2.45 bits per heavy atom. The van der Waals surface area contributed by atoms with Gasteiger partial charge in [-0.3, -0.25) is 4.79 Å². The summed E-state index contributed by atoms with van der Waals surface area (Å²) in [6.45, 7) is 3.29. The molecule has 1 unspecified atom stereocenters. The van der Waals surface area contributed by atoms with Crippen LogP contribution in [0.3, 0.4) is 0 Å². The first kappa shape index (κ1) is 17.7. The van der Waals surface area contributed by atoms with Gasteiger partial charge < -0.3 is 20.5 Å². The number of carbonyl (C=O) groups excluding carboxylic acids is 1. The van der Waals surface area contributed by atoms with Crippen LogP contribution in [0.4, 0.5) is 0 Å². The first-order valence-corrected chi connectivity index (χ1v) is 7.33. The number of aliphatic hydroxyl groups is 1. The molecule has 2 rings (SSSR count). The van der Waals surface area contributed by atoms with Crippen LogP contribution in [0, 0.1) is 0 Å². The minimum atomic E-state index is -0.735. The van der Waals surface area contributed by atoms with E-state index in [-0.39, 0.29) is 37.0 Å². The molecule has 3 atom stereocenters. The molecule has 0 bridgehead atoms. The smallest absolute Gasteiger partial charge is 0.239 e. The summed E-state index contributed by atoms with van der Waals surface area (Å²) in [6.07, 6.45) is -0.900. The van der Waals surface area contributed by atoms with E-state index in [0.717, 1.165) is 4.88 Å². The number of amides is 1. The molecule has 0 aliphatic carbocycles. The van der Waals surface area contributed by atoms with Crippen LogP contribution in [0.2, 0.25) is 4.34 Å². The summed E-state index contributed by atoms with van der Waals surface area (Å²) in [5, 5.41) is 15.8. The van der Waals surface area contributed by atoms with Crippen LogP contribution < -0.4 is 10.6 Å². The standard InChI is InChI=1S/C12H17ClN2O3S.ClH/c1-7-11(14-4-5-18-7)12(17)15-6-8(16)9-2-3-10(13)19-9;/h2-3,7-8,11,14,16H,4-6H2,1H3,(H,15,17);1H/t7-,8?,11+;/m1./s1. The molecule has 1 saturated heterocycles. The summed E-state index contributed by atoms with van der Waals surface area (Å²) < 4.78 is 6.03. The van der Waals surface area contributed by atoms with Gasteiger partial charge in [-0.2, -0.15) is 0 Å². The summed E-state index contributed by atoms with van der Waals surface area (Å²) >= 11 is 7.11. The third-order valence-corrected chi connectivity index (χ3v) is 4.32. The number of morpholine rings is 1. The van der Waals surface area contributed by atoms with E-state index in [2.05, 4.69) is 10.6 Å². The quantitative estimate of drug-likeness (QED) is 0.773. The predicted molar refractivity (Wildman–Crippen MR) is 81.8 cm³/mol. The van der Waals surface area contributed by atoms with Crippen molar-refractivity contribution in [2.45, 2.75) is 25.2 Å². The van der Waals surface area contributed by atoms with Gasteiger partial charge in [0.1, 0.15) is 12.1 Å². The maximum Gasteiger partial charge on any atom is 0.239 e. The van der Waals surface area contributed by atoms with Gasteiger partial charge in [-0.15, -0.1) is 23.7 Å². The fraction of sp³-hybridized carbons (Fsp3) is 0.583. The van der Waals surface area contributed by atoms with Crippen molar-refractivity contribution >= 4 is 41.3 Å². The Morgan fingerprint density at radius 3 is 3.05 bits per heavy atom. The van der Waals surface area contributed by atoms with Crippen LogP contribution in [0.25, 0.3) is 0 Å². The van der Waals surface area contributed by atoms with Gasteiger partial charge in [-0.25, -0.2) is 0 Å². The van der Waals surface area contributed by atoms with Crippen LogP contribution in [0.15, 0.2) is 12.1 Å². The Kier molecular flexibility index (Phi) is 7.22. The highest BCUT2D eigenvalue weighted by atomic mass is 35.5. The minimum absolute atomic E-state index is 0. The van der Waals surface area contributed by atoms with Crippen LogP contribution in [-0.2, 0) is 9.53 Å². The summed E-state index contributed by atoms with van der Waals surface area (Å²) in [4.78, 5) is 12.7. The lowest BCUT2D eigenvalue weighted by atomic mass is 10.1. The number of carbonyl (C=O) groups is 1. The molecule has 5 nitrogen and oxygen atoms in total. The van der Waals surface area contributed by atoms with Crippen molar-refractivity contribution < 1.29 is 14.6 Å². The number of thiophene rings is 1. The average molecular weight is 341 g/mol. The molecule has 0 aromatic carbocycles. The minimum Gasteiger partial charge on any atom is -0.386 e. The van der Waals surface area contributed by atoms with Crippen LogP contribution in [0.5, 0.6) is 0 Å². The monoisotopic (exact) mass is 340 g/mol. The summed E-state index contributed by atoms with van der Waals surface area (Å²) in [7, 11) is 0. The van der Waals surface area contributed by atoms with Gasteiger partial charge in [0.25, 0.3) is 0 Å². The molecular formula is C12H18Cl2N2O3S. The number of rotatable bonds is 4. The number of aliphatic hydroxyl groups excluding tert-OH is 1. The molecule has 8 heteroatoms. The zero-order valence-electron chi connectivity index (χ0n) is 11.0. The summed E-state index contributed by atoms with van der Waals surface area (Å²) in [5.74, 6) is -0.158. The molecule has 0 spiro atoms. The fourth-order valence-corrected chi connectivity index (χ4v) is 2.99. The van der Waals surface area contributed by atoms with E-state index >= 15 is 0 Å². The topological polar surface area (TPSA) is 70.6 Å². The highest BCUT2D eigenvalue weighted by molar-refractivity contribution is 7.16. The molecule has 0 saturated carbocycles. The van der Waals surface area contributed by atoms with Gasteiger partial charge in [0.2, 0.25) is 5.91 Å². The molecule has 1 aromatic rings. The second kappa shape index (κ2) is 8.17. The van der Waals surface area contributed by atoms with Crippen molar-refractivity contribution in [2.24, 2.45) is 0 Å². The Bertz CT molecular complexity index is 444. The van der Waals surface area contributed by atoms with Crippen molar-refractivity contribution in [3.8, 4) is 0 Å². The van der Waals surface area contributed by atoms with E-state index in [1.54, 1.807) is 12.1 Å². The Hall–Kier alpha value is -0.370. The van der Waals surface area contributed by atoms with E-state index < -0.39 is 6.10 Å². The van der Waals surface area contributed by atoms with E-state index in [1.165, 1.54) is 11.3 Å². The van der Waals surface area contributed by atoms with Gasteiger partial charge in [0.15, 0.2) is 0 Å². The maximum absolute atomic E-state index is 12.0. The second-order valence-electron chi connectivity index (χ2n) is 4.41. The predicted octanol–water partition coefficient (Wildman–Crippen LogP) is 1.35. The van der Waals surface area contributed by atoms with Crippen LogP contribution in [0.1, 0.15) is 17.9 Å². The van der Waals surface area contributed by atoms with Crippen molar-refractivity contribution in [2.75, 3.05) is 19.7 Å². The first-order valence-electron chi connectivity index (χ1n) is 6.14. The first-order chi connectivity index (χ1) is 9.08. The van der Waals surface area contributed by atoms with Crippen molar-refractivity contribution in [1.82, 2.24) is 10.6 Å². The van der Waals surface area contributed by atoms with Crippen LogP contribution >= 0.6 is 35.3 Å².